The van der Waals surface area contributed by atoms with Crippen LogP contribution in [0.25, 0.3) is 0 Å². The van der Waals surface area contributed by atoms with Gasteiger partial charge in [0.25, 0.3) is 0 Å². The molecule has 1 fully saturated rings. The fourth-order valence-electron chi connectivity index (χ4n) is 2.59. The largest absolute Gasteiger partial charge is 0.356 e. The molecule has 1 aliphatic heterocycles. The van der Waals surface area contributed by atoms with Gasteiger partial charge in [0.05, 0.1) is 5.92 Å². The number of hydrogen-bond donors (Lipinski definition) is 1. The molecule has 0 spiro atoms. The first kappa shape index (κ1) is 15.5. The number of nitrogens with one attached hydrogen (secondary N) is 1. The maximum Gasteiger partial charge on any atom is 0.225 e. The number of carbonyl (C=O) groups is 2. The molecule has 1 aliphatic rings. The molecular formula is C16H21FN2O2. The molecule has 1 N–H and O–H groups in total. The molecule has 1 aromatic rings. The van der Waals surface area contributed by atoms with Crippen molar-refractivity contribution in [2.24, 2.45) is 5.92 Å². The smallest absolute Gasteiger partial charge is 0.225 e. The zero-order chi connectivity index (χ0) is 15.2. The first-order valence-corrected chi connectivity index (χ1v) is 7.40. The van der Waals surface area contributed by atoms with Gasteiger partial charge in [0.2, 0.25) is 11.8 Å². The van der Waals surface area contributed by atoms with Crippen molar-refractivity contribution in [3.05, 3.63) is 35.6 Å². The number of rotatable bonds is 6. The number of aryl methyl sites for hydroxylation is 1. The summed E-state index contributed by atoms with van der Waals surface area (Å²) in [4.78, 5) is 25.2. The van der Waals surface area contributed by atoms with Crippen molar-refractivity contribution < 1.29 is 14.0 Å². The van der Waals surface area contributed by atoms with E-state index in [4.69, 9.17) is 0 Å². The van der Waals surface area contributed by atoms with E-state index in [0.29, 0.717) is 44.5 Å². The Morgan fingerprint density at radius 3 is 2.86 bits per heavy atom. The lowest BCUT2D eigenvalue weighted by molar-refractivity contribution is -0.128. The Morgan fingerprint density at radius 2 is 2.19 bits per heavy atom. The zero-order valence-electron chi connectivity index (χ0n) is 12.3. The van der Waals surface area contributed by atoms with E-state index in [1.165, 1.54) is 6.07 Å². The average Bonchev–Trinajstić information content (AvgIpc) is 2.86. The fraction of sp³-hybridized carbons (Fsp3) is 0.500. The highest BCUT2D eigenvalue weighted by atomic mass is 19.1. The minimum Gasteiger partial charge on any atom is -0.356 e. The lowest BCUT2D eigenvalue weighted by Crippen LogP contribution is -2.33. The Balaban J connectivity index is 1.71. The number of amides is 2. The summed E-state index contributed by atoms with van der Waals surface area (Å²) in [5.41, 5.74) is 0.667. The summed E-state index contributed by atoms with van der Waals surface area (Å²) in [7, 11) is 0. The van der Waals surface area contributed by atoms with Gasteiger partial charge in [0, 0.05) is 26.1 Å². The Bertz CT molecular complexity index is 519. The van der Waals surface area contributed by atoms with Crippen LogP contribution in [0.3, 0.4) is 0 Å². The number of nitrogens with zero attached hydrogens (tertiary/aromatic N) is 1. The van der Waals surface area contributed by atoms with E-state index in [0.717, 1.165) is 0 Å². The van der Waals surface area contributed by atoms with Gasteiger partial charge in [-0.25, -0.2) is 4.39 Å². The predicted molar refractivity (Wildman–Crippen MR) is 78.1 cm³/mol. The number of hydrogen-bond acceptors (Lipinski definition) is 2. The molecule has 2 rings (SSSR count). The van der Waals surface area contributed by atoms with Crippen molar-refractivity contribution in [3.8, 4) is 0 Å². The summed E-state index contributed by atoms with van der Waals surface area (Å²) >= 11 is 0. The van der Waals surface area contributed by atoms with Crippen molar-refractivity contribution >= 4 is 11.8 Å². The van der Waals surface area contributed by atoms with E-state index >= 15 is 0 Å². The van der Waals surface area contributed by atoms with Gasteiger partial charge in [-0.2, -0.15) is 0 Å². The van der Waals surface area contributed by atoms with Crippen LogP contribution in [0.15, 0.2) is 24.3 Å². The van der Waals surface area contributed by atoms with Crippen LogP contribution in [-0.4, -0.2) is 36.3 Å². The van der Waals surface area contributed by atoms with E-state index in [1.807, 2.05) is 6.92 Å². The third-order valence-corrected chi connectivity index (χ3v) is 3.85. The van der Waals surface area contributed by atoms with Gasteiger partial charge in [0.1, 0.15) is 5.82 Å². The van der Waals surface area contributed by atoms with Crippen molar-refractivity contribution in [2.45, 2.75) is 26.2 Å². The predicted octanol–water partition coefficient (Wildman–Crippen LogP) is 1.74. The highest BCUT2D eigenvalue weighted by Gasteiger charge is 2.32. The summed E-state index contributed by atoms with van der Waals surface area (Å²) in [6.07, 6.45) is 1.58. The molecule has 0 aliphatic carbocycles. The van der Waals surface area contributed by atoms with E-state index in [1.54, 1.807) is 23.1 Å². The second kappa shape index (κ2) is 7.20. The maximum absolute atomic E-state index is 13.4. The van der Waals surface area contributed by atoms with Gasteiger partial charge in [-0.1, -0.05) is 18.2 Å². The maximum atomic E-state index is 13.4. The minimum atomic E-state index is -0.245. The van der Waals surface area contributed by atoms with Crippen LogP contribution in [0.5, 0.6) is 0 Å². The minimum absolute atomic E-state index is 0.0454. The number of benzene rings is 1. The molecular weight excluding hydrogens is 271 g/mol. The van der Waals surface area contributed by atoms with Gasteiger partial charge in [-0.05, 0) is 31.4 Å². The van der Waals surface area contributed by atoms with Crippen LogP contribution < -0.4 is 5.32 Å². The molecule has 1 heterocycles. The second-order valence-electron chi connectivity index (χ2n) is 5.32. The molecule has 0 aromatic heterocycles. The van der Waals surface area contributed by atoms with Crippen LogP contribution in [0.1, 0.15) is 25.3 Å². The van der Waals surface area contributed by atoms with Crippen molar-refractivity contribution in [1.82, 2.24) is 10.2 Å². The monoisotopic (exact) mass is 292 g/mol. The van der Waals surface area contributed by atoms with Crippen LogP contribution in [-0.2, 0) is 16.0 Å². The van der Waals surface area contributed by atoms with Crippen molar-refractivity contribution in [3.63, 3.8) is 0 Å². The summed E-state index contributed by atoms with van der Waals surface area (Å²) < 4.78 is 13.4. The molecule has 0 unspecified atom stereocenters. The van der Waals surface area contributed by atoms with Gasteiger partial charge in [-0.3, -0.25) is 9.59 Å². The lowest BCUT2D eigenvalue weighted by atomic mass is 10.1. The number of likely N-dealkylation sites (tertiary alicyclic amines) is 1. The van der Waals surface area contributed by atoms with E-state index in [2.05, 4.69) is 5.32 Å². The normalized spacial score (nSPS) is 18.1. The third kappa shape index (κ3) is 4.03. The van der Waals surface area contributed by atoms with E-state index in [9.17, 15) is 14.0 Å². The molecule has 1 aromatic carbocycles. The first-order chi connectivity index (χ1) is 10.1. The summed E-state index contributed by atoms with van der Waals surface area (Å²) in [5, 5.41) is 2.84. The molecule has 4 nitrogen and oxygen atoms in total. The highest BCUT2D eigenvalue weighted by molar-refractivity contribution is 5.89. The lowest BCUT2D eigenvalue weighted by Gasteiger charge is -2.13. The molecule has 21 heavy (non-hydrogen) atoms. The fourth-order valence-corrected chi connectivity index (χ4v) is 2.59. The summed E-state index contributed by atoms with van der Waals surface area (Å²) in [6.45, 7) is 3.57. The summed E-state index contributed by atoms with van der Waals surface area (Å²) in [6, 6.07) is 6.67. The van der Waals surface area contributed by atoms with Crippen molar-refractivity contribution in [2.75, 3.05) is 19.6 Å². The topological polar surface area (TPSA) is 49.4 Å². The zero-order valence-corrected chi connectivity index (χ0v) is 12.3. The molecule has 5 heteroatoms. The molecule has 1 saturated heterocycles. The van der Waals surface area contributed by atoms with Gasteiger partial charge >= 0.3 is 0 Å². The Hall–Kier alpha value is -1.91. The van der Waals surface area contributed by atoms with Crippen LogP contribution in [0.4, 0.5) is 4.39 Å². The van der Waals surface area contributed by atoms with Crippen LogP contribution >= 0.6 is 0 Å². The van der Waals surface area contributed by atoms with Gasteiger partial charge in [-0.15, -0.1) is 0 Å². The molecule has 0 saturated carbocycles. The molecule has 114 valence electrons. The van der Waals surface area contributed by atoms with Crippen molar-refractivity contribution in [1.29, 1.82) is 0 Å². The second-order valence-corrected chi connectivity index (χ2v) is 5.32. The molecule has 1 atom stereocenters. The quantitative estimate of drug-likeness (QED) is 0.812. The van der Waals surface area contributed by atoms with E-state index in [-0.39, 0.29) is 23.5 Å². The van der Waals surface area contributed by atoms with E-state index < -0.39 is 0 Å². The Kier molecular flexibility index (Phi) is 5.31. The SMILES string of the molecule is CCN1C[C@H](C(=O)NCCCc2ccccc2F)CC1=O. The highest BCUT2D eigenvalue weighted by Crippen LogP contribution is 2.17. The first-order valence-electron chi connectivity index (χ1n) is 7.40. The number of halogens is 1. The Labute approximate surface area is 124 Å². The van der Waals surface area contributed by atoms with Gasteiger partial charge in [0.15, 0.2) is 0 Å². The standard InChI is InChI=1S/C16H21FN2O2/c1-2-19-11-13(10-15(19)20)16(21)18-9-5-7-12-6-3-4-8-14(12)17/h3-4,6,8,13H,2,5,7,9-11H2,1H3,(H,18,21)/t13-/m1/s1. The van der Waals surface area contributed by atoms with Gasteiger partial charge < -0.3 is 10.2 Å². The third-order valence-electron chi connectivity index (χ3n) is 3.85. The molecule has 0 bridgehead atoms. The average molecular weight is 292 g/mol. The van der Waals surface area contributed by atoms with Crippen LogP contribution in [0, 0.1) is 11.7 Å². The number of carbonyl (C=O) groups excluding carboxylic acids is 2. The Morgan fingerprint density at radius 1 is 1.43 bits per heavy atom. The van der Waals surface area contributed by atoms with Crippen LogP contribution in [0.2, 0.25) is 0 Å². The molecule has 0 radical (unpaired) electrons. The molecule has 2 amide bonds. The summed E-state index contributed by atoms with van der Waals surface area (Å²) in [5.74, 6) is -0.480.